The van der Waals surface area contributed by atoms with Crippen molar-refractivity contribution in [3.8, 4) is 0 Å². The predicted octanol–water partition coefficient (Wildman–Crippen LogP) is 5.74. The van der Waals surface area contributed by atoms with Gasteiger partial charge in [0.05, 0.1) is 11.3 Å². The van der Waals surface area contributed by atoms with Gasteiger partial charge >= 0.3 is 12.4 Å². The van der Waals surface area contributed by atoms with Crippen molar-refractivity contribution < 1.29 is 39.9 Å². The molecule has 180 valence electrons. The van der Waals surface area contributed by atoms with E-state index in [9.17, 15) is 39.9 Å². The van der Waals surface area contributed by atoms with E-state index in [2.05, 4.69) is 20.5 Å². The van der Waals surface area contributed by atoms with E-state index < -0.39 is 47.6 Å². The van der Waals surface area contributed by atoms with E-state index in [-0.39, 0.29) is 28.3 Å². The summed E-state index contributed by atoms with van der Waals surface area (Å²) >= 11 is 0. The van der Waals surface area contributed by atoms with Gasteiger partial charge < -0.3 is 5.32 Å². The van der Waals surface area contributed by atoms with Crippen molar-refractivity contribution in [3.05, 3.63) is 82.2 Å². The molecule has 3 rings (SSSR count). The van der Waals surface area contributed by atoms with Crippen molar-refractivity contribution in [2.24, 2.45) is 4.99 Å². The summed E-state index contributed by atoms with van der Waals surface area (Å²) in [4.78, 5) is 16.4. The Morgan fingerprint density at radius 2 is 1.71 bits per heavy atom. The summed E-state index contributed by atoms with van der Waals surface area (Å²) in [6.07, 6.45) is -9.96. The number of alkyl halides is 6. The summed E-state index contributed by atoms with van der Waals surface area (Å²) in [6, 6.07) is 5.90. The quantitative estimate of drug-likeness (QED) is 0.278. The number of hydrogen-bond acceptors (Lipinski definition) is 3. The molecular weight excluding hydrogens is 476 g/mol. The van der Waals surface area contributed by atoms with Gasteiger partial charge in [-0.3, -0.25) is 9.89 Å². The molecule has 0 unspecified atom stereocenters. The smallest absolute Gasteiger partial charge is 0.310 e. The van der Waals surface area contributed by atoms with Gasteiger partial charge in [-0.25, -0.2) is 13.8 Å². The standard InChI is InChI=1S/C21H14F8N4O/c1-10-16(32-33-18(10)21(27,28)29)9-17(30-13-4-2-3-12(8-13)20(24,25)26)31-19(34)11-5-6-14(22)15(23)7-11/h2-8H,9H2,1H3,(H,32,33)(H,30,31,34). The van der Waals surface area contributed by atoms with Crippen molar-refractivity contribution in [2.45, 2.75) is 25.7 Å². The predicted molar refractivity (Wildman–Crippen MR) is 104 cm³/mol. The summed E-state index contributed by atoms with van der Waals surface area (Å²) < 4.78 is 105. The molecule has 1 aromatic heterocycles. The highest BCUT2D eigenvalue weighted by Crippen LogP contribution is 2.32. The molecule has 5 nitrogen and oxygen atoms in total. The van der Waals surface area contributed by atoms with E-state index in [4.69, 9.17) is 0 Å². The summed E-state index contributed by atoms with van der Waals surface area (Å²) in [5, 5.41) is 7.59. The van der Waals surface area contributed by atoms with Crippen LogP contribution in [0.25, 0.3) is 0 Å². The number of nitrogens with zero attached hydrogens (tertiary/aromatic N) is 2. The maximum Gasteiger partial charge on any atom is 0.435 e. The number of halogens is 8. The maximum absolute atomic E-state index is 13.5. The molecule has 0 aliphatic rings. The number of carbonyl (C=O) groups excluding carboxylic acids is 1. The molecule has 3 aromatic rings. The monoisotopic (exact) mass is 490 g/mol. The molecule has 1 amide bonds. The molecule has 0 saturated heterocycles. The molecular formula is C21H14F8N4O. The topological polar surface area (TPSA) is 70.1 Å². The highest BCUT2D eigenvalue weighted by Gasteiger charge is 2.36. The number of aromatic nitrogens is 2. The zero-order valence-corrected chi connectivity index (χ0v) is 17.1. The molecule has 13 heteroatoms. The SMILES string of the molecule is Cc1c(C(F)(F)F)n[nH]c1CC(=Nc1cccc(C(F)(F)F)c1)NC(=O)c1ccc(F)c(F)c1. The van der Waals surface area contributed by atoms with Crippen LogP contribution < -0.4 is 5.32 Å². The van der Waals surface area contributed by atoms with Gasteiger partial charge in [-0.1, -0.05) is 6.07 Å². The Labute approximate surface area is 186 Å². The minimum absolute atomic E-state index is 0.122. The molecule has 2 aromatic carbocycles. The van der Waals surface area contributed by atoms with Crippen molar-refractivity contribution in [1.82, 2.24) is 15.5 Å². The lowest BCUT2D eigenvalue weighted by atomic mass is 10.1. The van der Waals surface area contributed by atoms with Gasteiger partial charge in [-0.15, -0.1) is 0 Å². The third kappa shape index (κ3) is 5.77. The number of aliphatic imine (C=N–C) groups is 1. The molecule has 0 bridgehead atoms. The van der Waals surface area contributed by atoms with Crippen molar-refractivity contribution in [2.75, 3.05) is 0 Å². The summed E-state index contributed by atoms with van der Waals surface area (Å²) in [6.45, 7) is 1.11. The average Bonchev–Trinajstić information content (AvgIpc) is 3.10. The van der Waals surface area contributed by atoms with E-state index >= 15 is 0 Å². The molecule has 0 fully saturated rings. The van der Waals surface area contributed by atoms with E-state index in [1.165, 1.54) is 6.07 Å². The fraction of sp³-hybridized carbons (Fsp3) is 0.190. The van der Waals surface area contributed by atoms with Gasteiger partial charge in [-0.05, 0) is 43.3 Å². The maximum atomic E-state index is 13.5. The van der Waals surface area contributed by atoms with E-state index in [0.29, 0.717) is 18.2 Å². The van der Waals surface area contributed by atoms with Crippen molar-refractivity contribution in [3.63, 3.8) is 0 Å². The normalized spacial score (nSPS) is 12.7. The van der Waals surface area contributed by atoms with Gasteiger partial charge in [0.15, 0.2) is 17.3 Å². The second-order valence-electron chi connectivity index (χ2n) is 7.04. The lowest BCUT2D eigenvalue weighted by Gasteiger charge is -2.11. The van der Waals surface area contributed by atoms with Crippen LogP contribution in [0.4, 0.5) is 40.8 Å². The Kier molecular flexibility index (Phi) is 6.75. The third-order valence-electron chi connectivity index (χ3n) is 4.60. The number of carbonyl (C=O) groups is 1. The van der Waals surface area contributed by atoms with Crippen LogP contribution in [0.2, 0.25) is 0 Å². The largest absolute Gasteiger partial charge is 0.435 e. The van der Waals surface area contributed by atoms with Gasteiger partial charge in [0, 0.05) is 23.2 Å². The minimum atomic E-state index is -4.77. The Morgan fingerprint density at radius 1 is 1.00 bits per heavy atom. The fourth-order valence-electron chi connectivity index (χ4n) is 2.91. The Hall–Kier alpha value is -3.77. The molecule has 0 atom stereocenters. The summed E-state index contributed by atoms with van der Waals surface area (Å²) in [7, 11) is 0. The molecule has 2 N–H and O–H groups in total. The highest BCUT2D eigenvalue weighted by molar-refractivity contribution is 6.07. The number of H-pyrrole nitrogens is 1. The second-order valence-corrected chi connectivity index (χ2v) is 7.04. The fourth-order valence-corrected chi connectivity index (χ4v) is 2.91. The summed E-state index contributed by atoms with van der Waals surface area (Å²) in [5.74, 6) is -3.93. The lowest BCUT2D eigenvalue weighted by Crippen LogP contribution is -2.32. The highest BCUT2D eigenvalue weighted by atomic mass is 19.4. The van der Waals surface area contributed by atoms with Crippen molar-refractivity contribution in [1.29, 1.82) is 0 Å². The first-order chi connectivity index (χ1) is 15.8. The number of benzene rings is 2. The number of aromatic amines is 1. The molecule has 1 heterocycles. The number of amides is 1. The van der Waals surface area contributed by atoms with Crippen LogP contribution in [-0.2, 0) is 18.8 Å². The van der Waals surface area contributed by atoms with E-state index in [0.717, 1.165) is 25.1 Å². The lowest BCUT2D eigenvalue weighted by molar-refractivity contribution is -0.141. The van der Waals surface area contributed by atoms with Gasteiger partial charge in [-0.2, -0.15) is 31.4 Å². The molecule has 0 aliphatic heterocycles. The Balaban J connectivity index is 1.99. The molecule has 34 heavy (non-hydrogen) atoms. The van der Waals surface area contributed by atoms with E-state index in [1.54, 1.807) is 0 Å². The minimum Gasteiger partial charge on any atom is -0.310 e. The third-order valence-corrected chi connectivity index (χ3v) is 4.60. The first kappa shape index (κ1) is 24.9. The number of amidine groups is 1. The first-order valence-corrected chi connectivity index (χ1v) is 9.38. The van der Waals surface area contributed by atoms with Crippen LogP contribution >= 0.6 is 0 Å². The molecule has 0 spiro atoms. The van der Waals surface area contributed by atoms with Gasteiger partial charge in [0.1, 0.15) is 5.84 Å². The van der Waals surface area contributed by atoms with Crippen LogP contribution in [0.3, 0.4) is 0 Å². The molecule has 0 saturated carbocycles. The number of nitrogens with one attached hydrogen (secondary N) is 2. The average molecular weight is 490 g/mol. The summed E-state index contributed by atoms with van der Waals surface area (Å²) in [5.41, 5.74) is -3.31. The van der Waals surface area contributed by atoms with Crippen LogP contribution in [-0.4, -0.2) is 21.9 Å². The van der Waals surface area contributed by atoms with Crippen LogP contribution in [0, 0.1) is 18.6 Å². The zero-order valence-electron chi connectivity index (χ0n) is 17.1. The Bertz CT molecular complexity index is 1240. The first-order valence-electron chi connectivity index (χ1n) is 9.38. The van der Waals surface area contributed by atoms with E-state index in [1.807, 2.05) is 0 Å². The molecule has 0 radical (unpaired) electrons. The zero-order chi connectivity index (χ0) is 25.3. The van der Waals surface area contributed by atoms with Gasteiger partial charge in [0.25, 0.3) is 5.91 Å². The molecule has 0 aliphatic carbocycles. The number of hydrogen-bond donors (Lipinski definition) is 2. The van der Waals surface area contributed by atoms with Crippen molar-refractivity contribution >= 4 is 17.4 Å². The van der Waals surface area contributed by atoms with Gasteiger partial charge in [0.2, 0.25) is 0 Å². The Morgan fingerprint density at radius 3 is 2.29 bits per heavy atom. The van der Waals surface area contributed by atoms with Crippen LogP contribution in [0.1, 0.15) is 32.9 Å². The van der Waals surface area contributed by atoms with Crippen LogP contribution in [0.15, 0.2) is 47.5 Å². The second kappa shape index (κ2) is 9.23. The number of rotatable bonds is 4. The van der Waals surface area contributed by atoms with Crippen LogP contribution in [0.5, 0.6) is 0 Å².